The number of carbonyl (C=O) groups excluding carboxylic acids is 2. The molecular formula is C30H25ClN4O2. The molecule has 1 aliphatic rings. The number of hydrazone groups is 1. The van der Waals surface area contributed by atoms with E-state index in [1.54, 1.807) is 24.3 Å². The fourth-order valence-electron chi connectivity index (χ4n) is 4.37. The van der Waals surface area contributed by atoms with Crippen LogP contribution in [0.4, 0.5) is 17.1 Å². The Kier molecular flexibility index (Phi) is 7.28. The maximum atomic E-state index is 13.5. The Labute approximate surface area is 220 Å². The largest absolute Gasteiger partial charge is 0.324 e. The summed E-state index contributed by atoms with van der Waals surface area (Å²) in [4.78, 5) is 28.3. The van der Waals surface area contributed by atoms with Crippen molar-refractivity contribution in [2.75, 3.05) is 10.2 Å². The number of benzene rings is 4. The van der Waals surface area contributed by atoms with Crippen LogP contribution in [0.5, 0.6) is 0 Å². The van der Waals surface area contributed by atoms with Crippen molar-refractivity contribution in [3.8, 4) is 0 Å². The summed E-state index contributed by atoms with van der Waals surface area (Å²) in [7, 11) is 0. The van der Waals surface area contributed by atoms with Gasteiger partial charge in [0.05, 0.1) is 16.8 Å². The van der Waals surface area contributed by atoms with Crippen molar-refractivity contribution >= 4 is 46.3 Å². The van der Waals surface area contributed by atoms with Gasteiger partial charge in [-0.25, -0.2) is 5.01 Å². The first-order valence-electron chi connectivity index (χ1n) is 12.0. The number of amides is 2. The number of amidine groups is 1. The summed E-state index contributed by atoms with van der Waals surface area (Å²) in [6.45, 7) is 0. The summed E-state index contributed by atoms with van der Waals surface area (Å²) in [5.74, 6) is -0.128. The highest BCUT2D eigenvalue weighted by Crippen LogP contribution is 2.36. The van der Waals surface area contributed by atoms with E-state index in [9.17, 15) is 9.59 Å². The quantitative estimate of drug-likeness (QED) is 0.291. The van der Waals surface area contributed by atoms with Gasteiger partial charge in [0, 0.05) is 17.8 Å². The predicted molar refractivity (Wildman–Crippen MR) is 148 cm³/mol. The Balaban J connectivity index is 1.46. The minimum Gasteiger partial charge on any atom is -0.324 e. The van der Waals surface area contributed by atoms with E-state index in [-0.39, 0.29) is 12.5 Å². The van der Waals surface area contributed by atoms with Crippen molar-refractivity contribution < 1.29 is 9.59 Å². The lowest BCUT2D eigenvalue weighted by Crippen LogP contribution is -2.30. The molecule has 0 saturated heterocycles. The minimum atomic E-state index is -0.448. The first-order chi connectivity index (χ1) is 18.1. The van der Waals surface area contributed by atoms with Gasteiger partial charge in [-0.05, 0) is 42.0 Å². The lowest BCUT2D eigenvalue weighted by atomic mass is 10.0. The lowest BCUT2D eigenvalue weighted by Gasteiger charge is -2.24. The van der Waals surface area contributed by atoms with Crippen molar-refractivity contribution in [2.45, 2.75) is 18.9 Å². The smallest absolute Gasteiger partial charge is 0.252 e. The van der Waals surface area contributed by atoms with Gasteiger partial charge in [-0.2, -0.15) is 5.10 Å². The molecule has 1 N–H and O–H groups in total. The van der Waals surface area contributed by atoms with E-state index in [0.29, 0.717) is 23.0 Å². The summed E-state index contributed by atoms with van der Waals surface area (Å²) < 4.78 is 0. The number of hydrogen-bond acceptors (Lipinski definition) is 4. The number of anilines is 3. The van der Waals surface area contributed by atoms with Crippen LogP contribution in [0.3, 0.4) is 0 Å². The van der Waals surface area contributed by atoms with Crippen LogP contribution >= 0.6 is 11.6 Å². The molecule has 184 valence electrons. The number of hydrogen-bond donors (Lipinski definition) is 1. The molecule has 2 amide bonds. The van der Waals surface area contributed by atoms with Crippen LogP contribution in [0.25, 0.3) is 0 Å². The first-order valence-corrected chi connectivity index (χ1v) is 12.4. The third-order valence-corrected chi connectivity index (χ3v) is 6.41. The van der Waals surface area contributed by atoms with E-state index in [4.69, 9.17) is 16.7 Å². The molecule has 0 unspecified atom stereocenters. The highest BCUT2D eigenvalue weighted by Gasteiger charge is 2.36. The fraction of sp³-hybridized carbons (Fsp3) is 0.100. The number of rotatable bonds is 6. The summed E-state index contributed by atoms with van der Waals surface area (Å²) in [5, 5.41) is 9.38. The topological polar surface area (TPSA) is 65.0 Å². The zero-order valence-electron chi connectivity index (χ0n) is 20.0. The Bertz CT molecular complexity index is 1370. The molecule has 6 nitrogen and oxygen atoms in total. The Hall–Kier alpha value is -4.42. The SMILES string of the molecule is O=C(CC(=O)N1N=C(N(c2ccccc2)c2ccccc2)C[C@H]1c1ccccc1)Nc1ccccc1Cl. The standard InChI is InChI=1S/C30H25ClN4O2/c31-25-18-10-11-19-26(25)32-29(36)21-30(37)35-27(22-12-4-1-5-13-22)20-28(33-35)34(23-14-6-2-7-15-23)24-16-8-3-9-17-24/h1-19,27H,20-21H2,(H,32,36)/t27-/m0/s1. The summed E-state index contributed by atoms with van der Waals surface area (Å²) in [5.41, 5.74) is 3.28. The molecule has 1 atom stereocenters. The average molecular weight is 509 g/mol. The fourth-order valence-corrected chi connectivity index (χ4v) is 4.55. The zero-order valence-corrected chi connectivity index (χ0v) is 20.8. The molecule has 37 heavy (non-hydrogen) atoms. The van der Waals surface area contributed by atoms with Gasteiger partial charge in [0.25, 0.3) is 5.91 Å². The number of para-hydroxylation sites is 3. The molecule has 0 radical (unpaired) electrons. The second-order valence-corrected chi connectivity index (χ2v) is 9.00. The maximum absolute atomic E-state index is 13.5. The maximum Gasteiger partial charge on any atom is 0.252 e. The number of nitrogens with one attached hydrogen (secondary N) is 1. The Morgan fingerprint density at radius 2 is 1.35 bits per heavy atom. The van der Waals surface area contributed by atoms with E-state index in [0.717, 1.165) is 16.9 Å². The number of carbonyl (C=O) groups is 2. The molecule has 0 aliphatic carbocycles. The molecule has 5 rings (SSSR count). The van der Waals surface area contributed by atoms with Crippen LogP contribution in [-0.4, -0.2) is 22.7 Å². The van der Waals surface area contributed by atoms with Crippen molar-refractivity contribution in [3.05, 3.63) is 126 Å². The van der Waals surface area contributed by atoms with Crippen molar-refractivity contribution in [1.82, 2.24) is 5.01 Å². The Morgan fingerprint density at radius 3 is 1.95 bits per heavy atom. The first kappa shape index (κ1) is 24.3. The van der Waals surface area contributed by atoms with Gasteiger partial charge in [-0.3, -0.25) is 14.5 Å². The second-order valence-electron chi connectivity index (χ2n) is 8.60. The van der Waals surface area contributed by atoms with E-state index in [1.807, 2.05) is 95.9 Å². The molecular weight excluding hydrogens is 484 g/mol. The van der Waals surface area contributed by atoms with Gasteiger partial charge in [-0.15, -0.1) is 0 Å². The van der Waals surface area contributed by atoms with E-state index in [1.165, 1.54) is 5.01 Å². The number of nitrogens with zero attached hydrogens (tertiary/aromatic N) is 3. The molecule has 4 aromatic rings. The average Bonchev–Trinajstić information content (AvgIpc) is 3.37. The molecule has 0 spiro atoms. The molecule has 0 aromatic heterocycles. The van der Waals surface area contributed by atoms with Crippen molar-refractivity contribution in [1.29, 1.82) is 0 Å². The minimum absolute atomic E-state index is 0.341. The molecule has 4 aromatic carbocycles. The summed E-state index contributed by atoms with van der Waals surface area (Å²) in [6, 6.07) is 36.2. The lowest BCUT2D eigenvalue weighted by molar-refractivity contribution is -0.136. The van der Waals surface area contributed by atoms with Gasteiger partial charge < -0.3 is 5.32 Å². The van der Waals surface area contributed by atoms with Crippen LogP contribution < -0.4 is 10.2 Å². The van der Waals surface area contributed by atoms with Gasteiger partial charge in [-0.1, -0.05) is 90.5 Å². The zero-order chi connectivity index (χ0) is 25.6. The van der Waals surface area contributed by atoms with E-state index < -0.39 is 11.8 Å². The summed E-state index contributed by atoms with van der Waals surface area (Å²) in [6.07, 6.45) is 0.133. The van der Waals surface area contributed by atoms with E-state index in [2.05, 4.69) is 5.32 Å². The van der Waals surface area contributed by atoms with Crippen LogP contribution in [0, 0.1) is 0 Å². The molecule has 7 heteroatoms. The molecule has 0 bridgehead atoms. The molecule has 0 fully saturated rings. The normalized spacial score (nSPS) is 14.7. The highest BCUT2D eigenvalue weighted by atomic mass is 35.5. The van der Waals surface area contributed by atoms with Crippen molar-refractivity contribution in [3.63, 3.8) is 0 Å². The van der Waals surface area contributed by atoms with Crippen LogP contribution in [-0.2, 0) is 9.59 Å². The van der Waals surface area contributed by atoms with Crippen LogP contribution in [0.2, 0.25) is 5.02 Å². The molecule has 1 aliphatic heterocycles. The number of halogens is 1. The highest BCUT2D eigenvalue weighted by molar-refractivity contribution is 6.33. The second kappa shape index (κ2) is 11.1. The van der Waals surface area contributed by atoms with Gasteiger partial charge in [0.1, 0.15) is 12.3 Å². The van der Waals surface area contributed by atoms with Gasteiger partial charge in [0.15, 0.2) is 0 Å². The van der Waals surface area contributed by atoms with E-state index >= 15 is 0 Å². The van der Waals surface area contributed by atoms with Crippen molar-refractivity contribution in [2.24, 2.45) is 5.10 Å². The van der Waals surface area contributed by atoms with Gasteiger partial charge in [0.2, 0.25) is 5.91 Å². The Morgan fingerprint density at radius 1 is 0.811 bits per heavy atom. The monoisotopic (exact) mass is 508 g/mol. The third-order valence-electron chi connectivity index (χ3n) is 6.08. The molecule has 0 saturated carbocycles. The van der Waals surface area contributed by atoms with Crippen LogP contribution in [0.1, 0.15) is 24.4 Å². The summed E-state index contributed by atoms with van der Waals surface area (Å²) >= 11 is 6.17. The third kappa shape index (κ3) is 5.55. The van der Waals surface area contributed by atoms with Crippen LogP contribution in [0.15, 0.2) is 120 Å². The van der Waals surface area contributed by atoms with Gasteiger partial charge >= 0.3 is 0 Å². The molecule has 1 heterocycles. The predicted octanol–water partition coefficient (Wildman–Crippen LogP) is 6.79.